The standard InChI is InChI=1S/C19H26BN3O4/c1-18(2)19(3,4)27-20(26-18)16-12-22-23(13-16)11-10-21-17(24)25-14-15-8-6-5-7-9-15/h5-9,12-13H,10-11,14H2,1-4H3,(H,21,24). The quantitative estimate of drug-likeness (QED) is 0.788. The molecule has 8 heteroatoms. The van der Waals surface area contributed by atoms with Crippen molar-refractivity contribution in [3.05, 3.63) is 48.3 Å². The number of hydrogen-bond donors (Lipinski definition) is 1. The van der Waals surface area contributed by atoms with Crippen LogP contribution in [0.5, 0.6) is 0 Å². The van der Waals surface area contributed by atoms with Crippen LogP contribution in [0.15, 0.2) is 42.7 Å². The summed E-state index contributed by atoms with van der Waals surface area (Å²) >= 11 is 0. The normalized spacial score (nSPS) is 17.7. The van der Waals surface area contributed by atoms with E-state index in [4.69, 9.17) is 14.0 Å². The van der Waals surface area contributed by atoms with Crippen molar-refractivity contribution in [2.24, 2.45) is 0 Å². The molecule has 0 aliphatic carbocycles. The summed E-state index contributed by atoms with van der Waals surface area (Å²) in [5.74, 6) is 0. The molecular weight excluding hydrogens is 345 g/mol. The van der Waals surface area contributed by atoms with E-state index < -0.39 is 13.2 Å². The molecule has 144 valence electrons. The Hall–Kier alpha value is -2.32. The average Bonchev–Trinajstić information content (AvgIpc) is 3.16. The Labute approximate surface area is 160 Å². The number of nitrogens with zero attached hydrogens (tertiary/aromatic N) is 2. The van der Waals surface area contributed by atoms with E-state index in [0.717, 1.165) is 11.0 Å². The maximum atomic E-state index is 11.8. The van der Waals surface area contributed by atoms with Crippen LogP contribution in [0.2, 0.25) is 0 Å². The van der Waals surface area contributed by atoms with Crippen molar-refractivity contribution in [2.75, 3.05) is 6.54 Å². The molecule has 0 unspecified atom stereocenters. The second kappa shape index (κ2) is 7.74. The number of carbonyl (C=O) groups excluding carboxylic acids is 1. The summed E-state index contributed by atoms with van der Waals surface area (Å²) in [5.41, 5.74) is 1.04. The topological polar surface area (TPSA) is 74.6 Å². The molecule has 1 aromatic carbocycles. The lowest BCUT2D eigenvalue weighted by Gasteiger charge is -2.32. The minimum atomic E-state index is -0.447. The van der Waals surface area contributed by atoms with Gasteiger partial charge < -0.3 is 19.4 Å². The predicted molar refractivity (Wildman–Crippen MR) is 103 cm³/mol. The average molecular weight is 371 g/mol. The van der Waals surface area contributed by atoms with Crippen LogP contribution in [0.25, 0.3) is 0 Å². The van der Waals surface area contributed by atoms with Gasteiger partial charge in [-0.3, -0.25) is 4.68 Å². The molecule has 0 spiro atoms. The molecule has 1 aliphatic rings. The monoisotopic (exact) mass is 371 g/mol. The van der Waals surface area contributed by atoms with E-state index in [0.29, 0.717) is 13.1 Å². The Balaban J connectivity index is 1.43. The lowest BCUT2D eigenvalue weighted by molar-refractivity contribution is 0.00578. The van der Waals surface area contributed by atoms with Gasteiger partial charge in [-0.05, 0) is 33.3 Å². The summed E-state index contributed by atoms with van der Waals surface area (Å²) in [4.78, 5) is 11.8. The maximum absolute atomic E-state index is 11.8. The first-order chi connectivity index (χ1) is 12.8. The molecule has 1 saturated heterocycles. The Bertz CT molecular complexity index is 760. The fourth-order valence-electron chi connectivity index (χ4n) is 2.65. The van der Waals surface area contributed by atoms with Crippen LogP contribution in [0.4, 0.5) is 4.79 Å². The van der Waals surface area contributed by atoms with E-state index in [-0.39, 0.29) is 17.8 Å². The SMILES string of the molecule is CC1(C)OB(c2cnn(CCNC(=O)OCc3ccccc3)c2)OC1(C)C. The number of benzene rings is 1. The Morgan fingerprint density at radius 3 is 2.52 bits per heavy atom. The molecule has 3 rings (SSSR count). The van der Waals surface area contributed by atoms with E-state index in [1.807, 2.05) is 64.2 Å². The van der Waals surface area contributed by atoms with Crippen molar-refractivity contribution >= 4 is 18.7 Å². The molecule has 27 heavy (non-hydrogen) atoms. The van der Waals surface area contributed by atoms with E-state index in [2.05, 4.69) is 10.4 Å². The molecule has 1 amide bonds. The van der Waals surface area contributed by atoms with Crippen LogP contribution < -0.4 is 10.8 Å². The summed E-state index contributed by atoms with van der Waals surface area (Å²) in [6, 6.07) is 9.56. The molecule has 1 N–H and O–H groups in total. The van der Waals surface area contributed by atoms with Crippen LogP contribution in [-0.2, 0) is 27.2 Å². The number of alkyl carbamates (subject to hydrolysis) is 1. The second-order valence-corrected chi connectivity index (χ2v) is 7.61. The number of rotatable bonds is 6. The number of aromatic nitrogens is 2. The highest BCUT2D eigenvalue weighted by Gasteiger charge is 2.52. The zero-order valence-corrected chi connectivity index (χ0v) is 16.3. The molecule has 2 aromatic rings. The lowest BCUT2D eigenvalue weighted by atomic mass is 9.82. The van der Waals surface area contributed by atoms with Gasteiger partial charge in [-0.2, -0.15) is 5.10 Å². The minimum Gasteiger partial charge on any atom is -0.445 e. The highest BCUT2D eigenvalue weighted by atomic mass is 16.7. The Morgan fingerprint density at radius 1 is 1.19 bits per heavy atom. The van der Waals surface area contributed by atoms with Gasteiger partial charge >= 0.3 is 13.2 Å². The number of carbonyl (C=O) groups is 1. The minimum absolute atomic E-state index is 0.251. The highest BCUT2D eigenvalue weighted by molar-refractivity contribution is 6.61. The van der Waals surface area contributed by atoms with Crippen molar-refractivity contribution in [1.29, 1.82) is 0 Å². The predicted octanol–water partition coefficient (Wildman–Crippen LogP) is 2.11. The molecule has 7 nitrogen and oxygen atoms in total. The third kappa shape index (κ3) is 4.70. The van der Waals surface area contributed by atoms with E-state index in [9.17, 15) is 4.79 Å². The third-order valence-corrected chi connectivity index (χ3v) is 5.00. The van der Waals surface area contributed by atoms with Gasteiger partial charge in [0.05, 0.1) is 17.7 Å². The van der Waals surface area contributed by atoms with Crippen molar-refractivity contribution in [2.45, 2.75) is 52.0 Å². The summed E-state index contributed by atoms with van der Waals surface area (Å²) in [6.07, 6.45) is 3.16. The summed E-state index contributed by atoms with van der Waals surface area (Å²) in [6.45, 7) is 9.26. The number of amides is 1. The molecule has 1 fully saturated rings. The van der Waals surface area contributed by atoms with Crippen molar-refractivity contribution in [3.8, 4) is 0 Å². The van der Waals surface area contributed by atoms with Gasteiger partial charge in [0.2, 0.25) is 0 Å². The molecule has 1 aromatic heterocycles. The molecule has 0 radical (unpaired) electrons. The number of nitrogens with one attached hydrogen (secondary N) is 1. The summed E-state index contributed by atoms with van der Waals surface area (Å²) < 4.78 is 19.0. The molecule has 0 bridgehead atoms. The fourth-order valence-corrected chi connectivity index (χ4v) is 2.65. The molecule has 0 saturated carbocycles. The van der Waals surface area contributed by atoms with Gasteiger partial charge in [-0.25, -0.2) is 4.79 Å². The zero-order valence-electron chi connectivity index (χ0n) is 16.3. The first-order valence-corrected chi connectivity index (χ1v) is 9.09. The van der Waals surface area contributed by atoms with Gasteiger partial charge in [0.25, 0.3) is 0 Å². The van der Waals surface area contributed by atoms with Crippen LogP contribution >= 0.6 is 0 Å². The zero-order chi connectivity index (χ0) is 19.5. The highest BCUT2D eigenvalue weighted by Crippen LogP contribution is 2.36. The second-order valence-electron chi connectivity index (χ2n) is 7.61. The van der Waals surface area contributed by atoms with Gasteiger partial charge in [0.1, 0.15) is 6.61 Å². The Morgan fingerprint density at radius 2 is 1.85 bits per heavy atom. The molecular formula is C19H26BN3O4. The largest absolute Gasteiger partial charge is 0.498 e. The summed E-state index contributed by atoms with van der Waals surface area (Å²) in [7, 11) is -0.437. The van der Waals surface area contributed by atoms with Gasteiger partial charge in [0, 0.05) is 24.4 Å². The summed E-state index contributed by atoms with van der Waals surface area (Å²) in [5, 5.41) is 7.03. The number of ether oxygens (including phenoxy) is 1. The number of hydrogen-bond acceptors (Lipinski definition) is 5. The van der Waals surface area contributed by atoms with Crippen LogP contribution in [0, 0.1) is 0 Å². The third-order valence-electron chi connectivity index (χ3n) is 5.00. The van der Waals surface area contributed by atoms with E-state index >= 15 is 0 Å². The smallest absolute Gasteiger partial charge is 0.445 e. The van der Waals surface area contributed by atoms with Crippen LogP contribution in [0.1, 0.15) is 33.3 Å². The first kappa shape index (κ1) is 19.4. The van der Waals surface area contributed by atoms with Crippen molar-refractivity contribution in [3.63, 3.8) is 0 Å². The van der Waals surface area contributed by atoms with Crippen LogP contribution in [-0.4, -0.2) is 40.7 Å². The van der Waals surface area contributed by atoms with Crippen molar-refractivity contribution in [1.82, 2.24) is 15.1 Å². The van der Waals surface area contributed by atoms with Gasteiger partial charge in [0.15, 0.2) is 0 Å². The molecule has 1 aliphatic heterocycles. The maximum Gasteiger partial charge on any atom is 0.498 e. The van der Waals surface area contributed by atoms with Crippen LogP contribution in [0.3, 0.4) is 0 Å². The molecule has 2 heterocycles. The van der Waals surface area contributed by atoms with E-state index in [1.54, 1.807) is 10.9 Å². The Kier molecular flexibility index (Phi) is 5.57. The molecule has 0 atom stereocenters. The van der Waals surface area contributed by atoms with Gasteiger partial charge in [-0.15, -0.1) is 0 Å². The van der Waals surface area contributed by atoms with Crippen molar-refractivity contribution < 1.29 is 18.8 Å². The fraction of sp³-hybridized carbons (Fsp3) is 0.474. The van der Waals surface area contributed by atoms with Gasteiger partial charge in [-0.1, -0.05) is 30.3 Å². The van der Waals surface area contributed by atoms with E-state index in [1.165, 1.54) is 0 Å². The first-order valence-electron chi connectivity index (χ1n) is 9.09. The lowest BCUT2D eigenvalue weighted by Crippen LogP contribution is -2.41.